The number of pyridine rings is 1. The summed E-state index contributed by atoms with van der Waals surface area (Å²) in [6.07, 6.45) is 10.4. The van der Waals surface area contributed by atoms with E-state index >= 15 is 0 Å². The normalized spacial score (nSPS) is 19.7. The smallest absolute Gasteiger partial charge is 0.156 e. The molecule has 1 saturated heterocycles. The van der Waals surface area contributed by atoms with Crippen LogP contribution in [0.25, 0.3) is 21.9 Å². The number of hydrogen-bond acceptors (Lipinski definition) is 7. The number of aliphatic hydroxyl groups is 2. The minimum atomic E-state index is -1.50. The summed E-state index contributed by atoms with van der Waals surface area (Å²) in [7, 11) is 0. The number of aryl methyl sites for hydroxylation is 1. The van der Waals surface area contributed by atoms with Crippen molar-refractivity contribution in [3.8, 4) is 0 Å². The van der Waals surface area contributed by atoms with Crippen molar-refractivity contribution >= 4 is 39.4 Å². The second-order valence-corrected chi connectivity index (χ2v) is 10.9. The van der Waals surface area contributed by atoms with E-state index in [-0.39, 0.29) is 12.3 Å². The first-order valence-corrected chi connectivity index (χ1v) is 13.3. The molecule has 2 fully saturated rings. The number of nitrogens with one attached hydrogen (secondary N) is 1. The molecule has 4 heterocycles. The Morgan fingerprint density at radius 1 is 1.08 bits per heavy atom. The van der Waals surface area contributed by atoms with Crippen molar-refractivity contribution in [1.29, 1.82) is 0 Å². The number of rotatable bonds is 7. The number of ether oxygens (including phenoxy) is 1. The molecule has 4 aromatic rings. The van der Waals surface area contributed by atoms with Crippen LogP contribution < -0.4 is 5.32 Å². The molecule has 0 bridgehead atoms. The molecule has 1 saturated carbocycles. The third-order valence-corrected chi connectivity index (χ3v) is 6.94. The van der Waals surface area contributed by atoms with E-state index in [0.29, 0.717) is 5.15 Å². The molecule has 1 aliphatic carbocycles. The molecule has 2 atom stereocenters. The van der Waals surface area contributed by atoms with Crippen LogP contribution in [0.3, 0.4) is 0 Å². The Morgan fingerprint density at radius 2 is 1.86 bits per heavy atom. The molecule has 1 aliphatic heterocycles. The van der Waals surface area contributed by atoms with Gasteiger partial charge < -0.3 is 24.8 Å². The molecule has 196 valence electrons. The maximum Gasteiger partial charge on any atom is 0.156 e. The highest BCUT2D eigenvalue weighted by Crippen LogP contribution is 2.34. The molecule has 37 heavy (non-hydrogen) atoms. The van der Waals surface area contributed by atoms with E-state index in [1.807, 2.05) is 12.3 Å². The molecule has 3 N–H and O–H groups in total. The average Bonchev–Trinajstić information content (AvgIpc) is 3.38. The van der Waals surface area contributed by atoms with Crippen LogP contribution in [0.1, 0.15) is 57.7 Å². The van der Waals surface area contributed by atoms with Gasteiger partial charge in [-0.1, -0.05) is 23.7 Å². The number of nitrogens with zero attached hydrogens (tertiary/aromatic N) is 4. The van der Waals surface area contributed by atoms with Crippen LogP contribution >= 0.6 is 11.6 Å². The topological polar surface area (TPSA) is 105 Å². The van der Waals surface area contributed by atoms with Gasteiger partial charge in [-0.15, -0.1) is 0 Å². The van der Waals surface area contributed by atoms with Gasteiger partial charge in [0.15, 0.2) is 5.79 Å². The third kappa shape index (κ3) is 6.96. The minimum Gasteiger partial charge on any atom is -0.370 e. The molecular formula is C28H34ClN5O3. The van der Waals surface area contributed by atoms with Gasteiger partial charge in [0.05, 0.1) is 17.0 Å². The van der Waals surface area contributed by atoms with Crippen molar-refractivity contribution in [2.24, 2.45) is 5.92 Å². The Hall–Kier alpha value is -2.78. The number of fused-ring (bicyclic) bond motifs is 2. The predicted octanol–water partition coefficient (Wildman–Crippen LogP) is 5.47. The van der Waals surface area contributed by atoms with Crippen LogP contribution in [0.2, 0.25) is 5.15 Å². The number of halogens is 1. The van der Waals surface area contributed by atoms with Gasteiger partial charge in [0.2, 0.25) is 0 Å². The lowest BCUT2D eigenvalue weighted by Crippen LogP contribution is -2.15. The molecule has 1 aromatic carbocycles. The number of anilines is 1. The van der Waals surface area contributed by atoms with Crippen molar-refractivity contribution in [2.45, 2.75) is 70.5 Å². The average molecular weight is 524 g/mol. The molecule has 3 aromatic heterocycles. The Morgan fingerprint density at radius 3 is 2.65 bits per heavy atom. The lowest BCUT2D eigenvalue weighted by atomic mass is 10.0. The minimum absolute atomic E-state index is 0.00170. The van der Waals surface area contributed by atoms with E-state index in [9.17, 15) is 0 Å². The maximum absolute atomic E-state index is 8.08. The van der Waals surface area contributed by atoms with E-state index in [1.54, 1.807) is 0 Å². The Kier molecular flexibility index (Phi) is 7.62. The first-order valence-electron chi connectivity index (χ1n) is 12.9. The van der Waals surface area contributed by atoms with Gasteiger partial charge in [-0.2, -0.15) is 0 Å². The van der Waals surface area contributed by atoms with Crippen LogP contribution in [-0.4, -0.2) is 48.2 Å². The van der Waals surface area contributed by atoms with Gasteiger partial charge in [0, 0.05) is 18.1 Å². The van der Waals surface area contributed by atoms with Crippen LogP contribution in [0.4, 0.5) is 5.82 Å². The monoisotopic (exact) mass is 523 g/mol. The van der Waals surface area contributed by atoms with Crippen molar-refractivity contribution in [2.75, 3.05) is 11.9 Å². The summed E-state index contributed by atoms with van der Waals surface area (Å²) in [6.45, 7) is 3.63. The summed E-state index contributed by atoms with van der Waals surface area (Å²) >= 11 is 6.19. The summed E-state index contributed by atoms with van der Waals surface area (Å²) in [5.74, 6) is 0.314. The second-order valence-electron chi connectivity index (χ2n) is 10.5. The first-order chi connectivity index (χ1) is 17.7. The molecule has 0 radical (unpaired) electrons. The molecule has 6 rings (SSSR count). The van der Waals surface area contributed by atoms with E-state index in [1.165, 1.54) is 44.0 Å². The van der Waals surface area contributed by atoms with Gasteiger partial charge in [-0.05, 0) is 88.1 Å². The zero-order valence-corrected chi connectivity index (χ0v) is 22.0. The lowest BCUT2D eigenvalue weighted by Gasteiger charge is -2.16. The second kappa shape index (κ2) is 10.9. The molecular weight excluding hydrogens is 490 g/mol. The van der Waals surface area contributed by atoms with Crippen molar-refractivity contribution < 1.29 is 14.9 Å². The number of hydrogen-bond donors (Lipinski definition) is 3. The fraction of sp³-hybridized carbons (Fsp3) is 0.464. The molecule has 0 amide bonds. The van der Waals surface area contributed by atoms with E-state index in [0.717, 1.165) is 60.5 Å². The fourth-order valence-corrected chi connectivity index (χ4v) is 4.78. The molecule has 2 unspecified atom stereocenters. The van der Waals surface area contributed by atoms with E-state index in [4.69, 9.17) is 31.5 Å². The van der Waals surface area contributed by atoms with Gasteiger partial charge in [0.1, 0.15) is 29.2 Å². The first kappa shape index (κ1) is 25.9. The fourth-order valence-electron chi connectivity index (χ4n) is 4.59. The largest absolute Gasteiger partial charge is 0.370 e. The lowest BCUT2D eigenvalue weighted by molar-refractivity contribution is -0.127. The van der Waals surface area contributed by atoms with Gasteiger partial charge in [-0.25, -0.2) is 15.0 Å². The van der Waals surface area contributed by atoms with Crippen LogP contribution in [0, 0.1) is 5.92 Å². The summed E-state index contributed by atoms with van der Waals surface area (Å²) in [5, 5.41) is 22.2. The van der Waals surface area contributed by atoms with Gasteiger partial charge in [-0.3, -0.25) is 0 Å². The standard InChI is InChI=1S/C25H26ClN5O.C3H8O2/c26-24-20-11-12-31(25(20)29-15-28-24)23-10-8-19(32-23)7-4-16-3-5-18-6-9-22(30-21(18)13-16)27-14-17-1-2-17;1-3(2,4)5/h3,5-6,9,11-13,15,17,19,23H,1-2,4,7-8,10,14H2,(H,27,30);4-5H,1-2H3. The van der Waals surface area contributed by atoms with Crippen molar-refractivity contribution in [1.82, 2.24) is 19.5 Å². The Balaban J connectivity index is 0.000000514. The van der Waals surface area contributed by atoms with E-state index in [2.05, 4.69) is 50.2 Å². The highest BCUT2D eigenvalue weighted by atomic mass is 35.5. The Bertz CT molecular complexity index is 1360. The SMILES string of the molecule is CC(C)(O)O.Clc1ncnc2c1ccn2C1CCC(CCc2ccc3ccc(NCC4CC4)nc3c2)O1. The molecule has 9 heteroatoms. The quantitative estimate of drug-likeness (QED) is 0.218. The van der Waals surface area contributed by atoms with E-state index < -0.39 is 5.79 Å². The summed E-state index contributed by atoms with van der Waals surface area (Å²) in [4.78, 5) is 13.3. The Labute approximate surface area is 221 Å². The van der Waals surface area contributed by atoms with Crippen molar-refractivity contribution in [3.63, 3.8) is 0 Å². The summed E-state index contributed by atoms with van der Waals surface area (Å²) in [5.41, 5.74) is 3.20. The van der Waals surface area contributed by atoms with Crippen LogP contribution in [0.5, 0.6) is 0 Å². The summed E-state index contributed by atoms with van der Waals surface area (Å²) < 4.78 is 8.46. The number of benzene rings is 1. The zero-order chi connectivity index (χ0) is 26.0. The van der Waals surface area contributed by atoms with Crippen molar-refractivity contribution in [3.05, 3.63) is 59.6 Å². The highest BCUT2D eigenvalue weighted by molar-refractivity contribution is 6.33. The number of aromatic nitrogens is 4. The highest BCUT2D eigenvalue weighted by Gasteiger charge is 2.27. The molecule has 8 nitrogen and oxygen atoms in total. The van der Waals surface area contributed by atoms with Crippen LogP contribution in [0.15, 0.2) is 48.9 Å². The molecule has 2 aliphatic rings. The molecule has 0 spiro atoms. The van der Waals surface area contributed by atoms with Gasteiger partial charge in [0.25, 0.3) is 0 Å². The van der Waals surface area contributed by atoms with Crippen LogP contribution in [-0.2, 0) is 11.2 Å². The van der Waals surface area contributed by atoms with Gasteiger partial charge >= 0.3 is 0 Å². The summed E-state index contributed by atoms with van der Waals surface area (Å²) in [6, 6.07) is 12.8. The maximum atomic E-state index is 8.08. The zero-order valence-electron chi connectivity index (χ0n) is 21.3. The third-order valence-electron chi connectivity index (χ3n) is 6.64. The predicted molar refractivity (Wildman–Crippen MR) is 145 cm³/mol.